The van der Waals surface area contributed by atoms with Gasteiger partial charge in [0.1, 0.15) is 0 Å². The number of thiophene rings is 1. The highest BCUT2D eigenvalue weighted by Gasteiger charge is 2.46. The van der Waals surface area contributed by atoms with Crippen molar-refractivity contribution in [1.82, 2.24) is 9.88 Å². The Hall–Kier alpha value is -2.15. The summed E-state index contributed by atoms with van der Waals surface area (Å²) in [7, 11) is 0. The quantitative estimate of drug-likeness (QED) is 0.934. The Balaban J connectivity index is 1.65. The maximum Gasteiger partial charge on any atom is 0.308 e. The van der Waals surface area contributed by atoms with Crippen molar-refractivity contribution in [2.75, 3.05) is 6.54 Å². The molecule has 2 bridgehead atoms. The molecule has 2 aromatic heterocycles. The number of carbonyl (C=O) groups is 2. The lowest BCUT2D eigenvalue weighted by molar-refractivity contribution is -0.148. The lowest BCUT2D eigenvalue weighted by atomic mass is 9.72. The number of hydrogen-bond acceptors (Lipinski definition) is 5. The van der Waals surface area contributed by atoms with Crippen LogP contribution in [-0.2, 0) is 4.79 Å². The fraction of sp³-hybridized carbons (Fsp3) is 0.438. The van der Waals surface area contributed by atoms with Crippen LogP contribution in [0.1, 0.15) is 29.8 Å². The SMILES string of the molecule is O=C(O)C1CC2CCC1N(C(=O)c1ncoc1-c1cccs1)C2. The van der Waals surface area contributed by atoms with Crippen LogP contribution in [0.3, 0.4) is 0 Å². The van der Waals surface area contributed by atoms with E-state index in [4.69, 9.17) is 4.42 Å². The first-order valence-electron chi connectivity index (χ1n) is 7.66. The molecule has 3 unspecified atom stereocenters. The van der Waals surface area contributed by atoms with E-state index in [1.54, 1.807) is 4.90 Å². The fourth-order valence-corrected chi connectivity index (χ4v) is 4.52. The molecule has 3 fully saturated rings. The highest BCUT2D eigenvalue weighted by Crippen LogP contribution is 2.40. The Labute approximate surface area is 136 Å². The van der Waals surface area contributed by atoms with Crippen molar-refractivity contribution in [2.24, 2.45) is 11.8 Å². The average Bonchev–Trinajstić information content (AvgIpc) is 3.25. The minimum atomic E-state index is -0.809. The van der Waals surface area contributed by atoms with Gasteiger partial charge in [-0.05, 0) is 36.6 Å². The second kappa shape index (κ2) is 5.49. The van der Waals surface area contributed by atoms with E-state index in [1.165, 1.54) is 17.7 Å². The first kappa shape index (κ1) is 14.4. The number of oxazole rings is 1. The number of carboxylic acids is 1. The third kappa shape index (κ3) is 2.35. The number of nitrogens with zero attached hydrogens (tertiary/aromatic N) is 2. The van der Waals surface area contributed by atoms with Crippen LogP contribution < -0.4 is 0 Å². The van der Waals surface area contributed by atoms with E-state index >= 15 is 0 Å². The zero-order chi connectivity index (χ0) is 16.0. The molecule has 120 valence electrons. The van der Waals surface area contributed by atoms with Gasteiger partial charge in [-0.3, -0.25) is 9.59 Å². The van der Waals surface area contributed by atoms with E-state index in [0.717, 1.165) is 17.7 Å². The molecule has 1 amide bonds. The number of piperidine rings is 2. The first-order chi connectivity index (χ1) is 11.1. The molecule has 23 heavy (non-hydrogen) atoms. The molecule has 0 aromatic carbocycles. The number of carboxylic acid groups (broad SMARTS) is 1. The minimum Gasteiger partial charge on any atom is -0.481 e. The van der Waals surface area contributed by atoms with Crippen LogP contribution in [0.15, 0.2) is 28.3 Å². The maximum absolute atomic E-state index is 12.9. The number of amides is 1. The van der Waals surface area contributed by atoms with Gasteiger partial charge < -0.3 is 14.4 Å². The van der Waals surface area contributed by atoms with E-state index in [2.05, 4.69) is 4.98 Å². The van der Waals surface area contributed by atoms with Crippen molar-refractivity contribution in [3.63, 3.8) is 0 Å². The van der Waals surface area contributed by atoms with Crippen LogP contribution in [0.5, 0.6) is 0 Å². The zero-order valence-corrected chi connectivity index (χ0v) is 13.2. The third-order valence-corrected chi connectivity index (χ3v) is 5.74. The predicted molar refractivity (Wildman–Crippen MR) is 83.1 cm³/mol. The van der Waals surface area contributed by atoms with Gasteiger partial charge in [0, 0.05) is 12.6 Å². The fourth-order valence-electron chi connectivity index (χ4n) is 3.81. The molecule has 2 saturated heterocycles. The molecule has 2 aromatic rings. The Morgan fingerprint density at radius 2 is 2.26 bits per heavy atom. The van der Waals surface area contributed by atoms with E-state index in [9.17, 15) is 14.7 Å². The van der Waals surface area contributed by atoms with E-state index in [1.807, 2.05) is 17.5 Å². The van der Waals surface area contributed by atoms with Gasteiger partial charge in [0.05, 0.1) is 10.8 Å². The molecule has 5 rings (SSSR count). The molecule has 0 spiro atoms. The molecular formula is C16H16N2O4S. The zero-order valence-electron chi connectivity index (χ0n) is 12.3. The van der Waals surface area contributed by atoms with Crippen LogP contribution in [-0.4, -0.2) is 39.5 Å². The summed E-state index contributed by atoms with van der Waals surface area (Å²) in [5.74, 6) is -0.761. The predicted octanol–water partition coefficient (Wildman–Crippen LogP) is 2.73. The maximum atomic E-state index is 12.9. The van der Waals surface area contributed by atoms with Gasteiger partial charge in [0.25, 0.3) is 5.91 Å². The summed E-state index contributed by atoms with van der Waals surface area (Å²) >= 11 is 1.48. The molecule has 6 nitrogen and oxygen atoms in total. The highest BCUT2D eigenvalue weighted by molar-refractivity contribution is 7.13. The summed E-state index contributed by atoms with van der Waals surface area (Å²) < 4.78 is 5.41. The lowest BCUT2D eigenvalue weighted by Crippen LogP contribution is -2.57. The molecule has 0 radical (unpaired) electrons. The van der Waals surface area contributed by atoms with Crippen molar-refractivity contribution in [1.29, 1.82) is 0 Å². The average molecular weight is 332 g/mol. The topological polar surface area (TPSA) is 83.6 Å². The summed E-state index contributed by atoms with van der Waals surface area (Å²) in [6.07, 6.45) is 3.69. The Kier molecular flexibility index (Phi) is 3.45. The molecule has 3 aliphatic rings. The molecule has 1 N–H and O–H groups in total. The number of fused-ring (bicyclic) bond motifs is 3. The van der Waals surface area contributed by atoms with Gasteiger partial charge in [-0.2, -0.15) is 0 Å². The smallest absolute Gasteiger partial charge is 0.308 e. The van der Waals surface area contributed by atoms with E-state index in [-0.39, 0.29) is 23.6 Å². The van der Waals surface area contributed by atoms with Gasteiger partial charge in [-0.15, -0.1) is 11.3 Å². The molecule has 3 atom stereocenters. The van der Waals surface area contributed by atoms with E-state index in [0.29, 0.717) is 18.7 Å². The summed E-state index contributed by atoms with van der Waals surface area (Å²) in [6.45, 7) is 0.615. The van der Waals surface area contributed by atoms with Crippen molar-refractivity contribution >= 4 is 23.2 Å². The second-order valence-electron chi connectivity index (χ2n) is 6.16. The highest BCUT2D eigenvalue weighted by atomic mass is 32.1. The number of rotatable bonds is 3. The summed E-state index contributed by atoms with van der Waals surface area (Å²) in [6, 6.07) is 3.53. The Morgan fingerprint density at radius 3 is 2.96 bits per heavy atom. The first-order valence-corrected chi connectivity index (χ1v) is 8.54. The van der Waals surface area contributed by atoms with Gasteiger partial charge in [-0.1, -0.05) is 6.07 Å². The summed E-state index contributed by atoms with van der Waals surface area (Å²) in [4.78, 5) is 31.1. The molecule has 4 heterocycles. The van der Waals surface area contributed by atoms with Crippen molar-refractivity contribution in [3.8, 4) is 10.6 Å². The number of aromatic nitrogens is 1. The van der Waals surface area contributed by atoms with Crippen molar-refractivity contribution in [3.05, 3.63) is 29.6 Å². The van der Waals surface area contributed by atoms with Crippen LogP contribution in [0, 0.1) is 11.8 Å². The van der Waals surface area contributed by atoms with Gasteiger partial charge in [0.15, 0.2) is 17.8 Å². The third-order valence-electron chi connectivity index (χ3n) is 4.87. The lowest BCUT2D eigenvalue weighted by Gasteiger charge is -2.48. The van der Waals surface area contributed by atoms with Gasteiger partial charge in [0.2, 0.25) is 0 Å². The molecular weight excluding hydrogens is 316 g/mol. The largest absolute Gasteiger partial charge is 0.481 e. The standard InChI is InChI=1S/C16H16N2O4S/c19-15(13-14(22-8-17-13)12-2-1-5-23-12)18-7-9-3-4-11(18)10(6-9)16(20)21/h1-2,5,8-11H,3-4,6-7H2,(H,20,21). The number of hydrogen-bond donors (Lipinski definition) is 1. The van der Waals surface area contributed by atoms with Crippen LogP contribution in [0.2, 0.25) is 0 Å². The molecule has 1 saturated carbocycles. The molecule has 2 aliphatic heterocycles. The number of aliphatic carboxylic acids is 1. The van der Waals surface area contributed by atoms with Gasteiger partial charge >= 0.3 is 5.97 Å². The number of carbonyl (C=O) groups excluding carboxylic acids is 1. The molecule has 7 heteroatoms. The second-order valence-corrected chi connectivity index (χ2v) is 7.10. The van der Waals surface area contributed by atoms with Crippen LogP contribution in [0.4, 0.5) is 0 Å². The Morgan fingerprint density at radius 1 is 1.39 bits per heavy atom. The summed E-state index contributed by atoms with van der Waals surface area (Å²) in [5.41, 5.74) is 0.282. The van der Waals surface area contributed by atoms with Gasteiger partial charge in [-0.25, -0.2) is 4.98 Å². The molecule has 1 aliphatic carbocycles. The Bertz CT molecular complexity index is 739. The monoisotopic (exact) mass is 332 g/mol. The van der Waals surface area contributed by atoms with Crippen molar-refractivity contribution < 1.29 is 19.1 Å². The summed E-state index contributed by atoms with van der Waals surface area (Å²) in [5, 5.41) is 11.3. The van der Waals surface area contributed by atoms with Crippen LogP contribution >= 0.6 is 11.3 Å². The van der Waals surface area contributed by atoms with Crippen LogP contribution in [0.25, 0.3) is 10.6 Å². The van der Waals surface area contributed by atoms with E-state index < -0.39 is 11.9 Å². The van der Waals surface area contributed by atoms with Crippen molar-refractivity contribution in [2.45, 2.75) is 25.3 Å². The minimum absolute atomic E-state index is 0.220. The normalized spacial score (nSPS) is 26.4.